The van der Waals surface area contributed by atoms with Crippen LogP contribution in [-0.2, 0) is 6.42 Å². The van der Waals surface area contributed by atoms with E-state index in [0.29, 0.717) is 0 Å². The second-order valence-electron chi connectivity index (χ2n) is 6.11. The number of nitrogens with zero attached hydrogens (tertiary/aromatic N) is 1. The van der Waals surface area contributed by atoms with Crippen LogP contribution in [0, 0.1) is 11.8 Å². The zero-order valence-corrected chi connectivity index (χ0v) is 11.5. The van der Waals surface area contributed by atoms with E-state index in [1.807, 2.05) is 0 Å². The molecule has 1 saturated carbocycles. The van der Waals surface area contributed by atoms with E-state index >= 15 is 0 Å². The van der Waals surface area contributed by atoms with Crippen molar-refractivity contribution >= 4 is 0 Å². The third-order valence-electron chi connectivity index (χ3n) is 5.08. The largest absolute Gasteiger partial charge is 0.300 e. The average Bonchev–Trinajstić information content (AvgIpc) is 2.82. The van der Waals surface area contributed by atoms with Gasteiger partial charge in [0.25, 0.3) is 0 Å². The van der Waals surface area contributed by atoms with Crippen LogP contribution in [0.3, 0.4) is 0 Å². The first-order valence-electron chi connectivity index (χ1n) is 7.64. The molecule has 3 unspecified atom stereocenters. The maximum Gasteiger partial charge on any atom is 0.0124 e. The third-order valence-corrected chi connectivity index (χ3v) is 5.08. The second-order valence-corrected chi connectivity index (χ2v) is 6.11. The van der Waals surface area contributed by atoms with Crippen LogP contribution in [0.25, 0.3) is 0 Å². The van der Waals surface area contributed by atoms with E-state index in [-0.39, 0.29) is 0 Å². The molecule has 1 aliphatic carbocycles. The normalized spacial score (nSPS) is 32.4. The van der Waals surface area contributed by atoms with Crippen molar-refractivity contribution in [3.05, 3.63) is 35.9 Å². The SMILES string of the molecule is CCN1CCC2CC(Cc3ccccc3)CCC21. The molecule has 1 aromatic rings. The first kappa shape index (κ1) is 12.2. The summed E-state index contributed by atoms with van der Waals surface area (Å²) < 4.78 is 0. The molecule has 0 bridgehead atoms. The van der Waals surface area contributed by atoms with Gasteiger partial charge in [-0.2, -0.15) is 0 Å². The molecule has 0 aromatic heterocycles. The Kier molecular flexibility index (Phi) is 3.69. The van der Waals surface area contributed by atoms with Crippen LogP contribution in [0.4, 0.5) is 0 Å². The predicted octanol–water partition coefficient (Wildman–Crippen LogP) is 3.74. The van der Waals surface area contributed by atoms with E-state index in [4.69, 9.17) is 0 Å². The van der Waals surface area contributed by atoms with Crippen LogP contribution in [0.5, 0.6) is 0 Å². The number of fused-ring (bicyclic) bond motifs is 1. The molecule has 1 saturated heterocycles. The van der Waals surface area contributed by atoms with Gasteiger partial charge in [0.15, 0.2) is 0 Å². The van der Waals surface area contributed by atoms with Crippen molar-refractivity contribution in [2.45, 2.75) is 45.1 Å². The zero-order valence-electron chi connectivity index (χ0n) is 11.5. The molecule has 2 aliphatic rings. The van der Waals surface area contributed by atoms with Gasteiger partial charge >= 0.3 is 0 Å². The monoisotopic (exact) mass is 243 g/mol. The Morgan fingerprint density at radius 1 is 1.11 bits per heavy atom. The fourth-order valence-corrected chi connectivity index (χ4v) is 4.16. The molecule has 0 spiro atoms. The molecule has 1 aliphatic heterocycles. The number of hydrogen-bond acceptors (Lipinski definition) is 1. The lowest BCUT2D eigenvalue weighted by Crippen LogP contribution is -2.36. The summed E-state index contributed by atoms with van der Waals surface area (Å²) in [6.45, 7) is 4.92. The minimum Gasteiger partial charge on any atom is -0.300 e. The van der Waals surface area contributed by atoms with Crippen LogP contribution < -0.4 is 0 Å². The van der Waals surface area contributed by atoms with Gasteiger partial charge in [0.1, 0.15) is 0 Å². The van der Waals surface area contributed by atoms with Crippen LogP contribution in [0.2, 0.25) is 0 Å². The summed E-state index contributed by atoms with van der Waals surface area (Å²) in [4.78, 5) is 2.71. The van der Waals surface area contributed by atoms with Gasteiger partial charge in [-0.3, -0.25) is 0 Å². The molecule has 1 nitrogen and oxygen atoms in total. The Balaban J connectivity index is 1.59. The summed E-state index contributed by atoms with van der Waals surface area (Å²) in [7, 11) is 0. The molecule has 2 fully saturated rings. The lowest BCUT2D eigenvalue weighted by molar-refractivity contribution is 0.157. The minimum absolute atomic E-state index is 0.919. The summed E-state index contributed by atoms with van der Waals surface area (Å²) in [6.07, 6.45) is 7.10. The van der Waals surface area contributed by atoms with E-state index < -0.39 is 0 Å². The topological polar surface area (TPSA) is 3.24 Å². The highest BCUT2D eigenvalue weighted by molar-refractivity contribution is 5.15. The Morgan fingerprint density at radius 3 is 2.72 bits per heavy atom. The maximum atomic E-state index is 2.71. The van der Waals surface area contributed by atoms with Gasteiger partial charge in [0.2, 0.25) is 0 Å². The van der Waals surface area contributed by atoms with Gasteiger partial charge in [-0.05, 0) is 62.6 Å². The first-order chi connectivity index (χ1) is 8.86. The Morgan fingerprint density at radius 2 is 1.94 bits per heavy atom. The lowest BCUT2D eigenvalue weighted by Gasteiger charge is -2.35. The van der Waals surface area contributed by atoms with Crippen LogP contribution in [0.15, 0.2) is 30.3 Å². The van der Waals surface area contributed by atoms with Crippen molar-refractivity contribution in [3.63, 3.8) is 0 Å². The zero-order chi connectivity index (χ0) is 12.4. The molecule has 98 valence electrons. The quantitative estimate of drug-likeness (QED) is 0.781. The van der Waals surface area contributed by atoms with Crippen molar-refractivity contribution in [3.8, 4) is 0 Å². The fraction of sp³-hybridized carbons (Fsp3) is 0.647. The molecule has 3 rings (SSSR count). The molecule has 0 amide bonds. The molecule has 0 radical (unpaired) electrons. The highest BCUT2D eigenvalue weighted by Gasteiger charge is 2.37. The van der Waals surface area contributed by atoms with Gasteiger partial charge in [-0.15, -0.1) is 0 Å². The van der Waals surface area contributed by atoms with E-state index in [9.17, 15) is 0 Å². The van der Waals surface area contributed by atoms with Crippen LogP contribution in [-0.4, -0.2) is 24.0 Å². The Bertz CT molecular complexity index is 372. The van der Waals surface area contributed by atoms with Crippen molar-refractivity contribution in [2.75, 3.05) is 13.1 Å². The standard InChI is InChI=1S/C17H25N/c1-2-18-11-10-16-13-15(8-9-17(16)18)12-14-6-4-3-5-7-14/h3-7,15-17H,2,8-13H2,1H3. The van der Waals surface area contributed by atoms with Crippen molar-refractivity contribution < 1.29 is 0 Å². The number of benzene rings is 1. The predicted molar refractivity (Wildman–Crippen MR) is 76.6 cm³/mol. The molecular formula is C17H25N. The number of likely N-dealkylation sites (tertiary alicyclic amines) is 1. The van der Waals surface area contributed by atoms with E-state index in [2.05, 4.69) is 42.2 Å². The Labute approximate surface area is 111 Å². The molecule has 0 N–H and O–H groups in total. The maximum absolute atomic E-state index is 2.71. The van der Waals surface area contributed by atoms with Gasteiger partial charge < -0.3 is 4.90 Å². The molecule has 18 heavy (non-hydrogen) atoms. The summed E-state index contributed by atoms with van der Waals surface area (Å²) in [5.41, 5.74) is 1.53. The smallest absolute Gasteiger partial charge is 0.0124 e. The minimum atomic E-state index is 0.919. The summed E-state index contributed by atoms with van der Waals surface area (Å²) in [6, 6.07) is 12.0. The van der Waals surface area contributed by atoms with Crippen LogP contribution in [0.1, 0.15) is 38.2 Å². The average molecular weight is 243 g/mol. The molecule has 3 atom stereocenters. The molecular weight excluding hydrogens is 218 g/mol. The van der Waals surface area contributed by atoms with Crippen molar-refractivity contribution in [1.29, 1.82) is 0 Å². The highest BCUT2D eigenvalue weighted by Crippen LogP contribution is 2.39. The third kappa shape index (κ3) is 2.47. The van der Waals surface area contributed by atoms with E-state index in [0.717, 1.165) is 17.9 Å². The van der Waals surface area contributed by atoms with E-state index in [1.165, 1.54) is 50.8 Å². The van der Waals surface area contributed by atoms with Crippen molar-refractivity contribution in [2.24, 2.45) is 11.8 Å². The van der Waals surface area contributed by atoms with Crippen molar-refractivity contribution in [1.82, 2.24) is 4.90 Å². The van der Waals surface area contributed by atoms with Gasteiger partial charge in [-0.25, -0.2) is 0 Å². The van der Waals surface area contributed by atoms with Crippen LogP contribution >= 0.6 is 0 Å². The van der Waals surface area contributed by atoms with Gasteiger partial charge in [0.05, 0.1) is 0 Å². The second kappa shape index (κ2) is 5.44. The molecule has 1 heteroatoms. The highest BCUT2D eigenvalue weighted by atomic mass is 15.2. The molecule has 1 aromatic carbocycles. The first-order valence-corrected chi connectivity index (χ1v) is 7.64. The number of hydrogen-bond donors (Lipinski definition) is 0. The fourth-order valence-electron chi connectivity index (χ4n) is 4.16. The lowest BCUT2D eigenvalue weighted by atomic mass is 9.76. The summed E-state index contributed by atoms with van der Waals surface area (Å²) in [5, 5.41) is 0. The van der Waals surface area contributed by atoms with Gasteiger partial charge in [0, 0.05) is 6.04 Å². The number of rotatable bonds is 3. The summed E-state index contributed by atoms with van der Waals surface area (Å²) >= 11 is 0. The summed E-state index contributed by atoms with van der Waals surface area (Å²) in [5.74, 6) is 1.93. The Hall–Kier alpha value is -0.820. The van der Waals surface area contributed by atoms with E-state index in [1.54, 1.807) is 0 Å². The van der Waals surface area contributed by atoms with Gasteiger partial charge in [-0.1, -0.05) is 37.3 Å². The molecule has 1 heterocycles.